The number of hydrogen-bond donors (Lipinski definition) is 1. The summed E-state index contributed by atoms with van der Waals surface area (Å²) in [5.74, 6) is -0.254. The molecule has 2 rings (SSSR count). The second-order valence-corrected chi connectivity index (χ2v) is 5.28. The second kappa shape index (κ2) is 6.01. The summed E-state index contributed by atoms with van der Waals surface area (Å²) in [7, 11) is 0. The highest BCUT2D eigenvalue weighted by atomic mass is 127. The van der Waals surface area contributed by atoms with E-state index in [0.717, 1.165) is 14.7 Å². The van der Waals surface area contributed by atoms with Crippen LogP contribution in [0, 0.1) is 3.57 Å². The topological polar surface area (TPSA) is 35.2 Å². The van der Waals surface area contributed by atoms with Crippen molar-refractivity contribution < 1.29 is 17.9 Å². The van der Waals surface area contributed by atoms with Crippen molar-refractivity contribution in [2.45, 2.75) is 12.4 Å². The zero-order chi connectivity index (χ0) is 14.8. The monoisotopic (exact) mass is 393 g/mol. The molecule has 0 aliphatic carbocycles. The van der Waals surface area contributed by atoms with Gasteiger partial charge in [-0.2, -0.15) is 0 Å². The van der Waals surface area contributed by atoms with Crippen LogP contribution >= 0.6 is 22.6 Å². The molecule has 0 heterocycles. The molecule has 6 heteroatoms. The molecule has 0 bridgehead atoms. The van der Waals surface area contributed by atoms with E-state index in [4.69, 9.17) is 5.73 Å². The summed E-state index contributed by atoms with van der Waals surface area (Å²) in [4.78, 5) is 0. The van der Waals surface area contributed by atoms with E-state index in [0.29, 0.717) is 0 Å². The molecule has 0 aromatic heterocycles. The van der Waals surface area contributed by atoms with Gasteiger partial charge in [0.05, 0.1) is 6.04 Å². The van der Waals surface area contributed by atoms with E-state index in [9.17, 15) is 13.2 Å². The van der Waals surface area contributed by atoms with Gasteiger partial charge in [0.15, 0.2) is 0 Å². The van der Waals surface area contributed by atoms with Gasteiger partial charge in [0.1, 0.15) is 5.75 Å². The molecule has 2 aromatic carbocycles. The van der Waals surface area contributed by atoms with Crippen molar-refractivity contribution in [2.24, 2.45) is 5.73 Å². The number of rotatable bonds is 3. The van der Waals surface area contributed by atoms with Crippen LogP contribution in [0.1, 0.15) is 17.2 Å². The summed E-state index contributed by atoms with van der Waals surface area (Å²) < 4.78 is 41.0. The molecule has 2 N–H and O–H groups in total. The van der Waals surface area contributed by atoms with E-state index in [-0.39, 0.29) is 11.8 Å². The molecule has 20 heavy (non-hydrogen) atoms. The lowest BCUT2D eigenvalue weighted by molar-refractivity contribution is -0.274. The van der Waals surface area contributed by atoms with Crippen LogP contribution in [-0.4, -0.2) is 6.36 Å². The van der Waals surface area contributed by atoms with E-state index in [1.165, 1.54) is 24.3 Å². The van der Waals surface area contributed by atoms with Crippen molar-refractivity contribution in [3.8, 4) is 5.75 Å². The Morgan fingerprint density at radius 1 is 1.00 bits per heavy atom. The highest BCUT2D eigenvalue weighted by Gasteiger charge is 2.31. The molecule has 0 spiro atoms. The van der Waals surface area contributed by atoms with Crippen LogP contribution in [0.25, 0.3) is 0 Å². The quantitative estimate of drug-likeness (QED) is 0.793. The largest absolute Gasteiger partial charge is 0.573 e. The maximum Gasteiger partial charge on any atom is 0.573 e. The lowest BCUT2D eigenvalue weighted by atomic mass is 10.00. The van der Waals surface area contributed by atoms with Crippen molar-refractivity contribution in [1.82, 2.24) is 0 Å². The van der Waals surface area contributed by atoms with Gasteiger partial charge in [0.2, 0.25) is 0 Å². The highest BCUT2D eigenvalue weighted by Crippen LogP contribution is 2.27. The van der Waals surface area contributed by atoms with Gasteiger partial charge >= 0.3 is 6.36 Å². The average molecular weight is 393 g/mol. The van der Waals surface area contributed by atoms with Gasteiger partial charge < -0.3 is 10.5 Å². The van der Waals surface area contributed by atoms with Crippen LogP contribution in [0.4, 0.5) is 13.2 Å². The Labute approximate surface area is 127 Å². The third-order valence-corrected chi connectivity index (χ3v) is 3.70. The standard InChI is InChI=1S/C14H11F3INO/c15-14(16,17)20-10-7-5-9(6-8-10)13(19)11-3-1-2-4-12(11)18/h1-8,13H,19H2/t13-/m0/s1. The lowest BCUT2D eigenvalue weighted by Crippen LogP contribution is -2.17. The molecule has 2 aromatic rings. The molecule has 0 amide bonds. The van der Waals surface area contributed by atoms with Crippen molar-refractivity contribution in [2.75, 3.05) is 0 Å². The maximum absolute atomic E-state index is 12.1. The minimum absolute atomic E-state index is 0.254. The summed E-state index contributed by atoms with van der Waals surface area (Å²) >= 11 is 2.17. The molecule has 0 saturated heterocycles. The predicted molar refractivity (Wildman–Crippen MR) is 78.3 cm³/mol. The molecule has 106 valence electrons. The van der Waals surface area contributed by atoms with Gasteiger partial charge in [0.25, 0.3) is 0 Å². The number of nitrogens with two attached hydrogens (primary N) is 1. The van der Waals surface area contributed by atoms with E-state index < -0.39 is 6.36 Å². The number of benzene rings is 2. The molecule has 0 saturated carbocycles. The van der Waals surface area contributed by atoms with Crippen molar-refractivity contribution in [3.05, 3.63) is 63.2 Å². The number of halogens is 4. The Hall–Kier alpha value is -1.28. The molecule has 0 unspecified atom stereocenters. The van der Waals surface area contributed by atoms with E-state index in [1.54, 1.807) is 0 Å². The van der Waals surface area contributed by atoms with Crippen molar-refractivity contribution in [1.29, 1.82) is 0 Å². The van der Waals surface area contributed by atoms with Gasteiger partial charge in [-0.05, 0) is 51.9 Å². The normalized spacial score (nSPS) is 13.1. The summed E-state index contributed by atoms with van der Waals surface area (Å²) in [5, 5.41) is 0. The van der Waals surface area contributed by atoms with Gasteiger partial charge in [-0.1, -0.05) is 30.3 Å². The van der Waals surface area contributed by atoms with E-state index >= 15 is 0 Å². The molecule has 0 aliphatic rings. The average Bonchev–Trinajstić information content (AvgIpc) is 2.37. The fourth-order valence-electron chi connectivity index (χ4n) is 1.78. The van der Waals surface area contributed by atoms with Crippen molar-refractivity contribution >= 4 is 22.6 Å². The Kier molecular flexibility index (Phi) is 4.54. The Morgan fingerprint density at radius 3 is 2.15 bits per heavy atom. The van der Waals surface area contributed by atoms with Crippen LogP contribution in [0.5, 0.6) is 5.75 Å². The Balaban J connectivity index is 2.20. The van der Waals surface area contributed by atoms with Crippen LogP contribution in [0.15, 0.2) is 48.5 Å². The third-order valence-electron chi connectivity index (χ3n) is 2.71. The minimum Gasteiger partial charge on any atom is -0.406 e. The molecule has 0 aliphatic heterocycles. The van der Waals surface area contributed by atoms with Gasteiger partial charge in [-0.3, -0.25) is 0 Å². The highest BCUT2D eigenvalue weighted by molar-refractivity contribution is 14.1. The number of alkyl halides is 3. The molecule has 1 atom stereocenters. The molecule has 0 fully saturated rings. The first-order valence-corrected chi connectivity index (χ1v) is 6.80. The molecule has 2 nitrogen and oxygen atoms in total. The third kappa shape index (κ3) is 3.86. The van der Waals surface area contributed by atoms with E-state index in [1.807, 2.05) is 24.3 Å². The van der Waals surface area contributed by atoms with Gasteiger partial charge in [-0.25, -0.2) is 0 Å². The smallest absolute Gasteiger partial charge is 0.406 e. The summed E-state index contributed by atoms with van der Waals surface area (Å²) in [6.07, 6.45) is -4.68. The Bertz CT molecular complexity index is 584. The SMILES string of the molecule is N[C@@H](c1ccc(OC(F)(F)F)cc1)c1ccccc1I. The maximum atomic E-state index is 12.1. The zero-order valence-electron chi connectivity index (χ0n) is 10.2. The molecule has 0 radical (unpaired) electrons. The molecular formula is C14H11F3INO. The zero-order valence-corrected chi connectivity index (χ0v) is 12.4. The van der Waals surface area contributed by atoms with Gasteiger partial charge in [0, 0.05) is 3.57 Å². The predicted octanol–water partition coefficient (Wildman–Crippen LogP) is 4.24. The summed E-state index contributed by atoms with van der Waals surface area (Å²) in [6.45, 7) is 0. The summed E-state index contributed by atoms with van der Waals surface area (Å²) in [5.41, 5.74) is 7.78. The summed E-state index contributed by atoms with van der Waals surface area (Å²) in [6, 6.07) is 12.8. The second-order valence-electron chi connectivity index (χ2n) is 4.12. The fourth-order valence-corrected chi connectivity index (χ4v) is 2.51. The van der Waals surface area contributed by atoms with Crippen LogP contribution in [0.2, 0.25) is 0 Å². The van der Waals surface area contributed by atoms with Crippen LogP contribution in [0.3, 0.4) is 0 Å². The first-order valence-electron chi connectivity index (χ1n) is 5.72. The van der Waals surface area contributed by atoms with E-state index in [2.05, 4.69) is 27.3 Å². The van der Waals surface area contributed by atoms with Gasteiger partial charge in [-0.15, -0.1) is 13.2 Å². The van der Waals surface area contributed by atoms with Crippen molar-refractivity contribution in [3.63, 3.8) is 0 Å². The minimum atomic E-state index is -4.68. The number of hydrogen-bond acceptors (Lipinski definition) is 2. The van der Waals surface area contributed by atoms with Crippen LogP contribution in [-0.2, 0) is 0 Å². The van der Waals surface area contributed by atoms with Crippen LogP contribution < -0.4 is 10.5 Å². The first kappa shape index (κ1) is 15.1. The molecular weight excluding hydrogens is 382 g/mol. The fraction of sp³-hybridized carbons (Fsp3) is 0.143. The first-order chi connectivity index (χ1) is 9.37. The lowest BCUT2D eigenvalue weighted by Gasteiger charge is -2.15. The Morgan fingerprint density at radius 2 is 1.60 bits per heavy atom. The number of ether oxygens (including phenoxy) is 1.